The molecule has 3 unspecified atom stereocenters. The van der Waals surface area contributed by atoms with Crippen LogP contribution in [-0.2, 0) is 65.4 Å². The molecule has 0 heterocycles. The fourth-order valence-corrected chi connectivity index (χ4v) is 12.0. The number of rotatable bonds is 74. The summed E-state index contributed by atoms with van der Waals surface area (Å²) in [6.07, 6.45) is 81.7. The van der Waals surface area contributed by atoms with E-state index in [1.165, 1.54) is 70.6 Å². The number of aliphatic hydroxyl groups excluding tert-OH is 1. The number of carbonyl (C=O) groups excluding carboxylic acids is 4. The molecule has 0 aliphatic heterocycles. The van der Waals surface area contributed by atoms with Crippen LogP contribution in [0.2, 0.25) is 0 Å². The molecule has 0 amide bonds. The second-order valence-electron chi connectivity index (χ2n) is 26.2. The van der Waals surface area contributed by atoms with Crippen LogP contribution in [0.15, 0.2) is 122 Å². The molecule has 0 bridgehead atoms. The fraction of sp³-hybridized carbons (Fsp3) is 0.711. The van der Waals surface area contributed by atoms with Crippen molar-refractivity contribution < 1.29 is 80.2 Å². The summed E-state index contributed by atoms with van der Waals surface area (Å²) in [5, 5.41) is 10.6. The molecule has 0 radical (unpaired) electrons. The summed E-state index contributed by atoms with van der Waals surface area (Å²) in [4.78, 5) is 73.0. The minimum atomic E-state index is -4.99. The third kappa shape index (κ3) is 73.8. The topological polar surface area (TPSA) is 237 Å². The summed E-state index contributed by atoms with van der Waals surface area (Å²) < 4.78 is 68.6. The lowest BCUT2D eigenvalue weighted by molar-refractivity contribution is -0.161. The first-order valence-electron chi connectivity index (χ1n) is 39.8. The van der Waals surface area contributed by atoms with Crippen molar-refractivity contribution in [2.24, 2.45) is 0 Å². The van der Waals surface area contributed by atoms with Crippen LogP contribution in [0.25, 0.3) is 0 Å². The molecule has 0 spiro atoms. The standard InChI is InChI=1S/C83H142O17P2/c1-5-9-13-17-21-25-29-33-36-38-41-45-48-52-56-60-64-68-81(86)94-74-79(100-83(88)70-66-62-58-54-50-46-42-39-37-34-30-26-22-18-14-10-6-2)76-98-102(91,92)96-72-77(84)71-95-101(89,90)97-75-78(99-82(87)69-65-61-57-53-49-43-32-28-24-20-16-12-8-4)73-93-80(85)67-63-59-55-51-47-44-40-35-31-27-23-19-15-11-7-3/h9-10,13-14,21-23,25-27,33-37,40-42,45-46,77-79,84H,5-8,11-12,15-20,24,28-32,38-39,43-44,47-76H2,1-4H3,(H,89,90)(H,91,92)/b13-9-,14-10-,25-21-,26-22-,27-23-,36-33-,37-34-,40-35-,45-41-,46-42-/t77?,78-,79-/m1/s1. The normalized spacial score (nSPS) is 14.5. The number of ether oxygens (including phenoxy) is 4. The number of aliphatic hydroxyl groups is 1. The number of hydrogen-bond acceptors (Lipinski definition) is 15. The van der Waals surface area contributed by atoms with Gasteiger partial charge in [0.2, 0.25) is 0 Å². The van der Waals surface area contributed by atoms with E-state index in [9.17, 15) is 43.2 Å². The molecule has 0 aromatic carbocycles. The maximum Gasteiger partial charge on any atom is 0.472 e. The smallest absolute Gasteiger partial charge is 0.462 e. The van der Waals surface area contributed by atoms with Crippen LogP contribution >= 0.6 is 15.6 Å². The highest BCUT2D eigenvalue weighted by Crippen LogP contribution is 2.45. The van der Waals surface area contributed by atoms with Crippen molar-refractivity contribution in [3.63, 3.8) is 0 Å². The lowest BCUT2D eigenvalue weighted by atomic mass is 10.0. The predicted octanol–water partition coefficient (Wildman–Crippen LogP) is 23.1. The van der Waals surface area contributed by atoms with Gasteiger partial charge in [-0.2, -0.15) is 0 Å². The zero-order chi connectivity index (χ0) is 74.6. The third-order valence-electron chi connectivity index (χ3n) is 16.4. The van der Waals surface area contributed by atoms with Crippen LogP contribution in [0.5, 0.6) is 0 Å². The van der Waals surface area contributed by atoms with Crippen molar-refractivity contribution in [1.29, 1.82) is 0 Å². The fourth-order valence-electron chi connectivity index (χ4n) is 10.4. The van der Waals surface area contributed by atoms with Crippen molar-refractivity contribution >= 4 is 39.5 Å². The van der Waals surface area contributed by atoms with Gasteiger partial charge < -0.3 is 33.8 Å². The molecule has 0 aromatic heterocycles. The van der Waals surface area contributed by atoms with Crippen LogP contribution in [0.1, 0.15) is 323 Å². The van der Waals surface area contributed by atoms with Crippen molar-refractivity contribution in [3.05, 3.63) is 122 Å². The molecule has 102 heavy (non-hydrogen) atoms. The number of esters is 4. The zero-order valence-electron chi connectivity index (χ0n) is 64.0. The Morgan fingerprint density at radius 2 is 0.510 bits per heavy atom. The van der Waals surface area contributed by atoms with E-state index in [4.69, 9.17) is 37.0 Å². The van der Waals surface area contributed by atoms with E-state index in [0.29, 0.717) is 25.7 Å². The third-order valence-corrected chi connectivity index (χ3v) is 18.3. The van der Waals surface area contributed by atoms with Crippen LogP contribution in [-0.4, -0.2) is 96.7 Å². The first kappa shape index (κ1) is 97.5. The molecule has 17 nitrogen and oxygen atoms in total. The minimum absolute atomic E-state index is 0.0588. The van der Waals surface area contributed by atoms with E-state index < -0.39 is 97.5 Å². The lowest BCUT2D eigenvalue weighted by Gasteiger charge is -2.21. The first-order chi connectivity index (χ1) is 49.7. The van der Waals surface area contributed by atoms with E-state index in [0.717, 1.165) is 173 Å². The number of unbranched alkanes of at least 4 members (excludes halogenated alkanes) is 28. The highest BCUT2D eigenvalue weighted by molar-refractivity contribution is 7.47. The molecular weight excluding hydrogens is 1330 g/mol. The second kappa shape index (κ2) is 74.7. The van der Waals surface area contributed by atoms with E-state index in [-0.39, 0.29) is 25.7 Å². The molecule has 0 saturated heterocycles. The van der Waals surface area contributed by atoms with Crippen LogP contribution in [0, 0.1) is 0 Å². The number of hydrogen-bond donors (Lipinski definition) is 3. The Balaban J connectivity index is 5.41. The molecule has 5 atom stereocenters. The summed E-state index contributed by atoms with van der Waals surface area (Å²) in [7, 11) is -9.97. The number of phosphoric ester groups is 2. The maximum atomic E-state index is 13.1. The molecule has 0 aliphatic carbocycles. The van der Waals surface area contributed by atoms with Gasteiger partial charge in [-0.25, -0.2) is 9.13 Å². The van der Waals surface area contributed by atoms with E-state index in [2.05, 4.69) is 149 Å². The molecule has 0 aromatic rings. The van der Waals surface area contributed by atoms with Crippen LogP contribution < -0.4 is 0 Å². The maximum absolute atomic E-state index is 13.1. The summed E-state index contributed by atoms with van der Waals surface area (Å²) in [5.41, 5.74) is 0. The second-order valence-corrected chi connectivity index (χ2v) is 29.2. The van der Waals surface area contributed by atoms with Gasteiger partial charge >= 0.3 is 39.5 Å². The Kier molecular flexibility index (Phi) is 71.4. The molecule has 0 rings (SSSR count). The lowest BCUT2D eigenvalue weighted by Crippen LogP contribution is -2.30. The number of carbonyl (C=O) groups is 4. The molecular formula is C83H142O17P2. The van der Waals surface area contributed by atoms with Gasteiger partial charge in [0.25, 0.3) is 0 Å². The van der Waals surface area contributed by atoms with E-state index in [1.807, 2.05) is 0 Å². The Bertz CT molecular complexity index is 2410. The molecule has 3 N–H and O–H groups in total. The monoisotopic (exact) mass is 1470 g/mol. The van der Waals surface area contributed by atoms with Gasteiger partial charge in [-0.3, -0.25) is 37.3 Å². The Hall–Kier alpha value is -4.54. The molecule has 0 aliphatic rings. The van der Waals surface area contributed by atoms with Crippen LogP contribution in [0.3, 0.4) is 0 Å². The average molecular weight is 1470 g/mol. The largest absolute Gasteiger partial charge is 0.472 e. The summed E-state index contributed by atoms with van der Waals surface area (Å²) in [6.45, 7) is 4.57. The van der Waals surface area contributed by atoms with E-state index in [1.54, 1.807) is 0 Å². The van der Waals surface area contributed by atoms with Crippen molar-refractivity contribution in [3.8, 4) is 0 Å². The molecule has 0 fully saturated rings. The van der Waals surface area contributed by atoms with Crippen molar-refractivity contribution in [1.82, 2.24) is 0 Å². The van der Waals surface area contributed by atoms with Crippen LogP contribution in [0.4, 0.5) is 0 Å². The SMILES string of the molecule is CC/C=C\C/C=C\C/C=C\C/C=C\CCCCCCC(=O)OC[C@H](COP(=O)(O)OCC(O)COP(=O)(O)OC[C@@H](COC(=O)CCCCCCC/C=C\C/C=C\CCCCC)OC(=O)CCCCCCCCCCCCCCC)OC(=O)CCCCCC/C=C\C/C=C\C/C=C\C/C=C\CC. The van der Waals surface area contributed by atoms with Gasteiger partial charge in [-0.1, -0.05) is 284 Å². The van der Waals surface area contributed by atoms with Gasteiger partial charge in [0, 0.05) is 25.7 Å². The van der Waals surface area contributed by atoms with Gasteiger partial charge in [-0.15, -0.1) is 0 Å². The van der Waals surface area contributed by atoms with Gasteiger partial charge in [0.15, 0.2) is 12.2 Å². The Morgan fingerprint density at radius 3 is 0.804 bits per heavy atom. The molecule has 0 saturated carbocycles. The quantitative estimate of drug-likeness (QED) is 0.0169. The number of phosphoric acid groups is 2. The van der Waals surface area contributed by atoms with Gasteiger partial charge in [0.05, 0.1) is 26.4 Å². The summed E-state index contributed by atoms with van der Waals surface area (Å²) in [5.74, 6) is -2.23. The Labute approximate surface area is 619 Å². The average Bonchev–Trinajstić information content (AvgIpc) is 0.959. The molecule has 19 heteroatoms. The Morgan fingerprint density at radius 1 is 0.284 bits per heavy atom. The van der Waals surface area contributed by atoms with Crippen molar-refractivity contribution in [2.75, 3.05) is 39.6 Å². The summed E-state index contributed by atoms with van der Waals surface area (Å²) in [6, 6.07) is 0. The minimum Gasteiger partial charge on any atom is -0.462 e. The molecule has 586 valence electrons. The first-order valence-corrected chi connectivity index (χ1v) is 42.8. The highest BCUT2D eigenvalue weighted by atomic mass is 31.2. The zero-order valence-corrected chi connectivity index (χ0v) is 65.8. The van der Waals surface area contributed by atoms with E-state index >= 15 is 0 Å². The number of allylic oxidation sites excluding steroid dienone is 20. The predicted molar refractivity (Wildman–Crippen MR) is 418 cm³/mol. The summed E-state index contributed by atoms with van der Waals surface area (Å²) >= 11 is 0. The van der Waals surface area contributed by atoms with Crippen molar-refractivity contribution in [2.45, 2.75) is 341 Å². The van der Waals surface area contributed by atoms with Gasteiger partial charge in [-0.05, 0) is 135 Å². The van der Waals surface area contributed by atoms with Gasteiger partial charge in [0.1, 0.15) is 19.3 Å². The highest BCUT2D eigenvalue weighted by Gasteiger charge is 2.30.